The van der Waals surface area contributed by atoms with Crippen LogP contribution in [-0.2, 0) is 5.75 Å². The van der Waals surface area contributed by atoms with E-state index in [1.165, 1.54) is 5.56 Å². The van der Waals surface area contributed by atoms with Gasteiger partial charge in [0.15, 0.2) is 0 Å². The van der Waals surface area contributed by atoms with Crippen LogP contribution < -0.4 is 0 Å². The lowest BCUT2D eigenvalue weighted by atomic mass is 10.2. The third-order valence-corrected chi connectivity index (χ3v) is 3.72. The van der Waals surface area contributed by atoms with E-state index in [4.69, 9.17) is 16.0 Å². The molecule has 0 amide bonds. The summed E-state index contributed by atoms with van der Waals surface area (Å²) in [5, 5.41) is 8.80. The van der Waals surface area contributed by atoms with Gasteiger partial charge in [-0.3, -0.25) is 0 Å². The third kappa shape index (κ3) is 3.48. The molecule has 1 aromatic carbocycles. The molecule has 0 aliphatic heterocycles. The lowest BCUT2D eigenvalue weighted by molar-refractivity contribution is 0.470. The first-order valence-corrected chi connectivity index (χ1v) is 6.74. The first-order chi connectivity index (χ1) is 8.15. The van der Waals surface area contributed by atoms with Crippen LogP contribution in [0.5, 0.6) is 0 Å². The van der Waals surface area contributed by atoms with E-state index in [1.54, 1.807) is 18.7 Å². The molecular weight excluding hydrogens is 256 g/mol. The minimum absolute atomic E-state index is 0.190. The average Bonchev–Trinajstić information content (AvgIpc) is 2.73. The van der Waals surface area contributed by atoms with Crippen molar-refractivity contribution in [1.29, 1.82) is 0 Å². The van der Waals surface area contributed by atoms with Crippen molar-refractivity contribution in [1.82, 2.24) is 10.2 Å². The summed E-state index contributed by atoms with van der Waals surface area (Å²) in [5.41, 5.74) is 1.20. The van der Waals surface area contributed by atoms with Crippen LogP contribution in [0.15, 0.2) is 28.7 Å². The Balaban J connectivity index is 1.94. The number of aryl methyl sites for hydroxylation is 1. The summed E-state index contributed by atoms with van der Waals surface area (Å²) < 4.78 is 5.39. The molecule has 0 saturated heterocycles. The number of benzene rings is 1. The van der Waals surface area contributed by atoms with E-state index in [1.807, 2.05) is 18.2 Å². The van der Waals surface area contributed by atoms with Crippen molar-refractivity contribution in [3.8, 4) is 0 Å². The van der Waals surface area contributed by atoms with Crippen LogP contribution in [0.25, 0.3) is 0 Å². The quantitative estimate of drug-likeness (QED) is 0.839. The zero-order valence-electron chi connectivity index (χ0n) is 9.68. The van der Waals surface area contributed by atoms with Gasteiger partial charge in [-0.15, -0.1) is 22.0 Å². The molecule has 0 unspecified atom stereocenters. The second kappa shape index (κ2) is 5.56. The highest BCUT2D eigenvalue weighted by Gasteiger charge is 2.12. The second-order valence-electron chi connectivity index (χ2n) is 3.74. The molecule has 2 rings (SSSR count). The molecule has 17 heavy (non-hydrogen) atoms. The van der Waals surface area contributed by atoms with Crippen LogP contribution in [-0.4, -0.2) is 10.2 Å². The molecule has 0 spiro atoms. The topological polar surface area (TPSA) is 38.9 Å². The molecule has 1 aromatic heterocycles. The van der Waals surface area contributed by atoms with E-state index < -0.39 is 0 Å². The highest BCUT2D eigenvalue weighted by Crippen LogP contribution is 2.30. The van der Waals surface area contributed by atoms with Crippen LogP contribution in [0, 0.1) is 6.92 Å². The Kier molecular flexibility index (Phi) is 4.07. The molecule has 0 aliphatic rings. The smallest absolute Gasteiger partial charge is 0.229 e. The number of nitrogens with zero attached hydrogens (tertiary/aromatic N) is 2. The van der Waals surface area contributed by atoms with Crippen LogP contribution in [0.2, 0.25) is 5.02 Å². The Morgan fingerprint density at radius 2 is 2.24 bits per heavy atom. The minimum atomic E-state index is 0.190. The van der Waals surface area contributed by atoms with Crippen LogP contribution >= 0.6 is 23.4 Å². The van der Waals surface area contributed by atoms with Crippen LogP contribution in [0.1, 0.15) is 29.5 Å². The van der Waals surface area contributed by atoms with E-state index in [-0.39, 0.29) is 5.25 Å². The Morgan fingerprint density at radius 1 is 1.41 bits per heavy atom. The molecule has 0 saturated carbocycles. The molecule has 0 bridgehead atoms. The summed E-state index contributed by atoms with van der Waals surface area (Å²) in [4.78, 5) is 0. The molecule has 5 heteroatoms. The number of aromatic nitrogens is 2. The Labute approximate surface area is 110 Å². The third-order valence-electron chi connectivity index (χ3n) is 2.28. The van der Waals surface area contributed by atoms with Crippen molar-refractivity contribution in [2.45, 2.75) is 24.9 Å². The highest BCUT2D eigenvalue weighted by molar-refractivity contribution is 7.98. The predicted octanol–water partition coefficient (Wildman–Crippen LogP) is 4.03. The van der Waals surface area contributed by atoms with Gasteiger partial charge in [0.05, 0.1) is 5.25 Å². The largest absolute Gasteiger partial charge is 0.424 e. The van der Waals surface area contributed by atoms with Gasteiger partial charge in [0.25, 0.3) is 0 Å². The van der Waals surface area contributed by atoms with Gasteiger partial charge in [-0.05, 0) is 24.6 Å². The maximum Gasteiger partial charge on any atom is 0.229 e. The highest BCUT2D eigenvalue weighted by atomic mass is 35.5. The van der Waals surface area contributed by atoms with Crippen LogP contribution in [0.4, 0.5) is 0 Å². The number of hydrogen-bond acceptors (Lipinski definition) is 4. The Morgan fingerprint density at radius 3 is 2.88 bits per heavy atom. The fourth-order valence-electron chi connectivity index (χ4n) is 1.40. The Bertz CT molecular complexity index is 501. The van der Waals surface area contributed by atoms with Gasteiger partial charge < -0.3 is 4.42 Å². The summed E-state index contributed by atoms with van der Waals surface area (Å²) in [6.07, 6.45) is 0. The SMILES string of the molecule is Cc1nnc([C@@H](C)SCc2cccc(Cl)c2)o1. The molecule has 90 valence electrons. The summed E-state index contributed by atoms with van der Waals surface area (Å²) >= 11 is 7.68. The van der Waals surface area contributed by atoms with E-state index in [9.17, 15) is 0 Å². The maximum atomic E-state index is 5.93. The van der Waals surface area contributed by atoms with E-state index in [0.29, 0.717) is 11.8 Å². The van der Waals surface area contributed by atoms with Gasteiger partial charge in [-0.25, -0.2) is 0 Å². The number of rotatable bonds is 4. The van der Waals surface area contributed by atoms with Gasteiger partial charge in [0.1, 0.15) is 0 Å². The molecule has 1 atom stereocenters. The molecule has 0 aliphatic carbocycles. The minimum Gasteiger partial charge on any atom is -0.424 e. The Hall–Kier alpha value is -1.00. The summed E-state index contributed by atoms with van der Waals surface area (Å²) in [6.45, 7) is 3.85. The number of hydrogen-bond donors (Lipinski definition) is 0. The van der Waals surface area contributed by atoms with Crippen molar-refractivity contribution in [3.63, 3.8) is 0 Å². The summed E-state index contributed by atoms with van der Waals surface area (Å²) in [7, 11) is 0. The zero-order chi connectivity index (χ0) is 12.3. The van der Waals surface area contributed by atoms with Gasteiger partial charge in [0.2, 0.25) is 11.8 Å². The lowest BCUT2D eigenvalue weighted by Crippen LogP contribution is -1.90. The first kappa shape index (κ1) is 12.5. The van der Waals surface area contributed by atoms with Crippen molar-refractivity contribution < 1.29 is 4.42 Å². The maximum absolute atomic E-state index is 5.93. The normalized spacial score (nSPS) is 12.6. The number of halogens is 1. The summed E-state index contributed by atoms with van der Waals surface area (Å²) in [6, 6.07) is 7.87. The molecule has 1 heterocycles. The van der Waals surface area contributed by atoms with E-state index >= 15 is 0 Å². The van der Waals surface area contributed by atoms with Crippen molar-refractivity contribution >= 4 is 23.4 Å². The fraction of sp³-hybridized carbons (Fsp3) is 0.333. The van der Waals surface area contributed by atoms with Crippen molar-refractivity contribution in [3.05, 3.63) is 46.6 Å². The van der Waals surface area contributed by atoms with Crippen molar-refractivity contribution in [2.24, 2.45) is 0 Å². The van der Waals surface area contributed by atoms with Gasteiger partial charge in [0, 0.05) is 17.7 Å². The second-order valence-corrected chi connectivity index (χ2v) is 5.51. The summed E-state index contributed by atoms with van der Waals surface area (Å²) in [5.74, 6) is 2.16. The fourth-order valence-corrected chi connectivity index (χ4v) is 2.47. The molecule has 0 radical (unpaired) electrons. The molecule has 2 aromatic rings. The van der Waals surface area contributed by atoms with Gasteiger partial charge in [-0.2, -0.15) is 0 Å². The first-order valence-electron chi connectivity index (χ1n) is 5.31. The van der Waals surface area contributed by atoms with Gasteiger partial charge >= 0.3 is 0 Å². The average molecular weight is 269 g/mol. The molecule has 3 nitrogen and oxygen atoms in total. The predicted molar refractivity (Wildman–Crippen MR) is 70.2 cm³/mol. The number of thioether (sulfide) groups is 1. The van der Waals surface area contributed by atoms with Crippen molar-refractivity contribution in [2.75, 3.05) is 0 Å². The molecule has 0 N–H and O–H groups in total. The monoisotopic (exact) mass is 268 g/mol. The molecular formula is C12H13ClN2OS. The van der Waals surface area contributed by atoms with E-state index in [0.717, 1.165) is 10.8 Å². The van der Waals surface area contributed by atoms with Gasteiger partial charge in [-0.1, -0.05) is 23.7 Å². The molecule has 0 fully saturated rings. The standard InChI is InChI=1S/C12H13ClN2OS/c1-8(12-15-14-9(2)16-12)17-7-10-4-3-5-11(13)6-10/h3-6,8H,7H2,1-2H3/t8-/m1/s1. The van der Waals surface area contributed by atoms with E-state index in [2.05, 4.69) is 23.2 Å². The zero-order valence-corrected chi connectivity index (χ0v) is 11.3. The lowest BCUT2D eigenvalue weighted by Gasteiger charge is -2.06. The van der Waals surface area contributed by atoms with Crippen LogP contribution in [0.3, 0.4) is 0 Å².